The van der Waals surface area contributed by atoms with Gasteiger partial charge in [-0.2, -0.15) is 0 Å². The van der Waals surface area contributed by atoms with Crippen LogP contribution in [0.4, 0.5) is 0 Å². The molecule has 1 N–H and O–H groups in total. The zero-order valence-corrected chi connectivity index (χ0v) is 14.8. The lowest BCUT2D eigenvalue weighted by molar-refractivity contribution is -0.125. The Hall–Kier alpha value is -2.33. The molecule has 0 spiro atoms. The van der Waals surface area contributed by atoms with Crippen molar-refractivity contribution in [2.45, 2.75) is 26.0 Å². The Morgan fingerprint density at radius 2 is 1.76 bits per heavy atom. The van der Waals surface area contributed by atoms with Crippen LogP contribution in [0, 0.1) is 5.92 Å². The predicted octanol–water partition coefficient (Wildman–Crippen LogP) is 3.22. The van der Waals surface area contributed by atoms with Gasteiger partial charge in [0.05, 0.1) is 0 Å². The van der Waals surface area contributed by atoms with Crippen LogP contribution in [-0.2, 0) is 17.9 Å². The van der Waals surface area contributed by atoms with Gasteiger partial charge in [-0.3, -0.25) is 9.69 Å². The predicted molar refractivity (Wildman–Crippen MR) is 99.3 cm³/mol. The number of hydrogen-bond acceptors (Lipinski definition) is 3. The molecular formula is C21H26N2O2. The van der Waals surface area contributed by atoms with Crippen molar-refractivity contribution in [1.82, 2.24) is 10.2 Å². The van der Waals surface area contributed by atoms with Crippen LogP contribution in [0.3, 0.4) is 0 Å². The number of piperidine rings is 1. The number of ether oxygens (including phenoxy) is 1. The summed E-state index contributed by atoms with van der Waals surface area (Å²) < 4.78 is 6.05. The maximum absolute atomic E-state index is 11.8. The topological polar surface area (TPSA) is 41.6 Å². The van der Waals surface area contributed by atoms with E-state index >= 15 is 0 Å². The zero-order chi connectivity index (χ0) is 17.5. The first-order valence-electron chi connectivity index (χ1n) is 8.95. The summed E-state index contributed by atoms with van der Waals surface area (Å²) in [6.45, 7) is 3.35. The summed E-state index contributed by atoms with van der Waals surface area (Å²) in [5, 5.41) is 2.76. The summed E-state index contributed by atoms with van der Waals surface area (Å²) >= 11 is 0. The number of nitrogens with zero attached hydrogens (tertiary/aromatic N) is 1. The maximum Gasteiger partial charge on any atom is 0.222 e. The van der Waals surface area contributed by atoms with Crippen molar-refractivity contribution in [2.75, 3.05) is 20.1 Å². The molecular weight excluding hydrogens is 312 g/mol. The highest BCUT2D eigenvalue weighted by Gasteiger charge is 2.24. The van der Waals surface area contributed by atoms with E-state index in [2.05, 4.69) is 34.5 Å². The molecule has 1 heterocycles. The number of benzene rings is 2. The molecule has 0 aliphatic carbocycles. The SMILES string of the molecule is CNC(=O)C1CCN(Cc2ccccc2OCc2ccccc2)CC1. The van der Waals surface area contributed by atoms with Crippen molar-refractivity contribution in [3.63, 3.8) is 0 Å². The van der Waals surface area contributed by atoms with Gasteiger partial charge in [-0.15, -0.1) is 0 Å². The molecule has 25 heavy (non-hydrogen) atoms. The Labute approximate surface area is 149 Å². The molecule has 1 aliphatic heterocycles. The van der Waals surface area contributed by atoms with Crippen LogP contribution in [-0.4, -0.2) is 30.9 Å². The lowest BCUT2D eigenvalue weighted by Gasteiger charge is -2.31. The smallest absolute Gasteiger partial charge is 0.222 e. The van der Waals surface area contributed by atoms with E-state index in [-0.39, 0.29) is 11.8 Å². The van der Waals surface area contributed by atoms with E-state index < -0.39 is 0 Å². The maximum atomic E-state index is 11.8. The van der Waals surface area contributed by atoms with Crippen molar-refractivity contribution in [3.8, 4) is 5.75 Å². The molecule has 0 unspecified atom stereocenters. The zero-order valence-electron chi connectivity index (χ0n) is 14.8. The molecule has 132 valence electrons. The fraction of sp³-hybridized carbons (Fsp3) is 0.381. The lowest BCUT2D eigenvalue weighted by atomic mass is 9.95. The molecule has 0 saturated carbocycles. The molecule has 2 aromatic carbocycles. The summed E-state index contributed by atoms with van der Waals surface area (Å²) in [6, 6.07) is 18.5. The van der Waals surface area contributed by atoms with E-state index in [0.29, 0.717) is 6.61 Å². The molecule has 3 rings (SSSR count). The standard InChI is InChI=1S/C21H26N2O2/c1-22-21(24)18-11-13-23(14-12-18)15-19-9-5-6-10-20(19)25-16-17-7-3-2-4-8-17/h2-10,18H,11-16H2,1H3,(H,22,24). The van der Waals surface area contributed by atoms with Gasteiger partial charge < -0.3 is 10.1 Å². The molecule has 0 bridgehead atoms. The number of para-hydroxylation sites is 1. The van der Waals surface area contributed by atoms with Gasteiger partial charge in [0.25, 0.3) is 0 Å². The first kappa shape index (κ1) is 17.5. The summed E-state index contributed by atoms with van der Waals surface area (Å²) in [5.74, 6) is 1.27. The number of rotatable bonds is 6. The van der Waals surface area contributed by atoms with Crippen molar-refractivity contribution >= 4 is 5.91 Å². The number of amides is 1. The Morgan fingerprint density at radius 3 is 2.48 bits per heavy atom. The minimum atomic E-state index is 0.158. The fourth-order valence-corrected chi connectivity index (χ4v) is 3.31. The minimum Gasteiger partial charge on any atom is -0.489 e. The first-order chi connectivity index (χ1) is 12.3. The Bertz CT molecular complexity index is 679. The van der Waals surface area contributed by atoms with Crippen LogP contribution in [0.15, 0.2) is 54.6 Å². The highest BCUT2D eigenvalue weighted by molar-refractivity contribution is 5.78. The summed E-state index contributed by atoms with van der Waals surface area (Å²) in [6.07, 6.45) is 1.85. The van der Waals surface area contributed by atoms with Crippen LogP contribution in [0.1, 0.15) is 24.0 Å². The highest BCUT2D eigenvalue weighted by Crippen LogP contribution is 2.24. The van der Waals surface area contributed by atoms with Gasteiger partial charge in [0, 0.05) is 25.1 Å². The molecule has 4 nitrogen and oxygen atoms in total. The molecule has 1 fully saturated rings. The molecule has 1 amide bonds. The van der Waals surface area contributed by atoms with Crippen molar-refractivity contribution in [3.05, 3.63) is 65.7 Å². The van der Waals surface area contributed by atoms with Gasteiger partial charge in [0.2, 0.25) is 5.91 Å². The molecule has 0 atom stereocenters. The summed E-state index contributed by atoms with van der Waals surface area (Å²) in [5.41, 5.74) is 2.38. The van der Waals surface area contributed by atoms with Gasteiger partial charge in [-0.1, -0.05) is 48.5 Å². The monoisotopic (exact) mass is 338 g/mol. The number of carbonyl (C=O) groups is 1. The van der Waals surface area contributed by atoms with Crippen LogP contribution in [0.2, 0.25) is 0 Å². The normalized spacial score (nSPS) is 15.7. The number of carbonyl (C=O) groups excluding carboxylic acids is 1. The van der Waals surface area contributed by atoms with Gasteiger partial charge in [0.15, 0.2) is 0 Å². The molecule has 1 aliphatic rings. The molecule has 4 heteroatoms. The van der Waals surface area contributed by atoms with Gasteiger partial charge in [-0.05, 0) is 37.6 Å². The van der Waals surface area contributed by atoms with E-state index in [1.807, 2.05) is 30.3 Å². The molecule has 1 saturated heterocycles. The van der Waals surface area contributed by atoms with Gasteiger partial charge in [-0.25, -0.2) is 0 Å². The second-order valence-corrected chi connectivity index (χ2v) is 6.55. The van der Waals surface area contributed by atoms with Crippen LogP contribution in [0.25, 0.3) is 0 Å². The van der Waals surface area contributed by atoms with Crippen LogP contribution < -0.4 is 10.1 Å². The average molecular weight is 338 g/mol. The Balaban J connectivity index is 1.57. The third-order valence-electron chi connectivity index (χ3n) is 4.81. The van der Waals surface area contributed by atoms with Crippen LogP contribution in [0.5, 0.6) is 5.75 Å². The van der Waals surface area contributed by atoms with E-state index in [9.17, 15) is 4.79 Å². The highest BCUT2D eigenvalue weighted by atomic mass is 16.5. The number of hydrogen-bond donors (Lipinski definition) is 1. The summed E-state index contributed by atoms with van der Waals surface area (Å²) in [4.78, 5) is 14.2. The number of likely N-dealkylation sites (tertiary alicyclic amines) is 1. The first-order valence-corrected chi connectivity index (χ1v) is 8.95. The number of nitrogens with one attached hydrogen (secondary N) is 1. The molecule has 2 aromatic rings. The molecule has 0 radical (unpaired) electrons. The van der Waals surface area contributed by atoms with E-state index in [4.69, 9.17) is 4.74 Å². The Kier molecular flexibility index (Phi) is 6.07. The van der Waals surface area contributed by atoms with Crippen molar-refractivity contribution in [1.29, 1.82) is 0 Å². The lowest BCUT2D eigenvalue weighted by Crippen LogP contribution is -2.39. The Morgan fingerprint density at radius 1 is 1.08 bits per heavy atom. The quantitative estimate of drug-likeness (QED) is 0.879. The van der Waals surface area contributed by atoms with Crippen molar-refractivity contribution in [2.24, 2.45) is 5.92 Å². The van der Waals surface area contributed by atoms with Crippen LogP contribution >= 0.6 is 0 Å². The molecule has 0 aromatic heterocycles. The van der Waals surface area contributed by atoms with Crippen molar-refractivity contribution < 1.29 is 9.53 Å². The van der Waals surface area contributed by atoms with E-state index in [0.717, 1.165) is 38.2 Å². The second-order valence-electron chi connectivity index (χ2n) is 6.55. The largest absolute Gasteiger partial charge is 0.489 e. The van der Waals surface area contributed by atoms with E-state index in [1.54, 1.807) is 7.05 Å². The second kappa shape index (κ2) is 8.67. The third-order valence-corrected chi connectivity index (χ3v) is 4.81. The van der Waals surface area contributed by atoms with Gasteiger partial charge in [0.1, 0.15) is 12.4 Å². The minimum absolute atomic E-state index is 0.158. The van der Waals surface area contributed by atoms with E-state index in [1.165, 1.54) is 11.1 Å². The average Bonchev–Trinajstić information content (AvgIpc) is 2.68. The summed E-state index contributed by atoms with van der Waals surface area (Å²) in [7, 11) is 1.72. The third kappa shape index (κ3) is 4.83. The fourth-order valence-electron chi connectivity index (χ4n) is 3.31. The van der Waals surface area contributed by atoms with Gasteiger partial charge >= 0.3 is 0 Å².